The minimum absolute atomic E-state index is 0. The second-order valence-electron chi connectivity index (χ2n) is 6.30. The molecule has 0 spiro atoms. The quantitative estimate of drug-likeness (QED) is 0.169. The molecule has 2 atom stereocenters. The molecule has 9 nitrogen and oxygen atoms in total. The van der Waals surface area contributed by atoms with Crippen LogP contribution in [0.1, 0.15) is 54.9 Å². The van der Waals surface area contributed by atoms with Crippen molar-refractivity contribution >= 4 is 11.9 Å². The van der Waals surface area contributed by atoms with Crippen molar-refractivity contribution in [3.8, 4) is 0 Å². The van der Waals surface area contributed by atoms with Gasteiger partial charge in [-0.1, -0.05) is 24.6 Å². The summed E-state index contributed by atoms with van der Waals surface area (Å²) in [5, 5.41) is 2.54. The molecule has 0 rings (SSSR count). The number of carbonyl (C=O) groups is 2. The van der Waals surface area contributed by atoms with E-state index in [9.17, 15) is 23.3 Å². The molecule has 0 amide bonds. The summed E-state index contributed by atoms with van der Waals surface area (Å²) in [5.41, 5.74) is 14.4. The zero-order valence-electron chi connectivity index (χ0n) is 18.4. The topological polar surface area (TPSA) is 161 Å². The summed E-state index contributed by atoms with van der Waals surface area (Å²) in [4.78, 5) is 30.7. The molecule has 0 saturated carbocycles. The van der Waals surface area contributed by atoms with Gasteiger partial charge in [-0.3, -0.25) is 9.59 Å². The molecule has 0 fully saturated rings. The summed E-state index contributed by atoms with van der Waals surface area (Å²) in [6.45, 7) is 11.6. The fourth-order valence-corrected chi connectivity index (χ4v) is 1.09. The molecule has 4 N–H and O–H groups in total. The standard InChI is InChI=1S/C6H8F2NO.2C6H12NO2.H2O.Pt/c1-5(4-9-10)2-3-6(7)8;2*1-4(2)9-6(8)5(3)7;;/h2H,3-4H2,1H3;2*4-5,7H,1-3H3;1H2;/q3*-1;;/b5-2+;;;;/t;2*5-;;/m.00../s1. The Balaban J connectivity index is -0.000000101. The van der Waals surface area contributed by atoms with Crippen molar-refractivity contribution in [2.75, 3.05) is 6.54 Å². The molecule has 30 heavy (non-hydrogen) atoms. The van der Waals surface area contributed by atoms with Gasteiger partial charge in [-0.2, -0.15) is 4.91 Å². The van der Waals surface area contributed by atoms with Crippen LogP contribution in [0.4, 0.5) is 8.78 Å². The van der Waals surface area contributed by atoms with Gasteiger partial charge in [0.25, 0.3) is 11.9 Å². The summed E-state index contributed by atoms with van der Waals surface area (Å²) in [5.74, 6) is -0.907. The van der Waals surface area contributed by atoms with Crippen molar-refractivity contribution in [2.45, 2.75) is 79.2 Å². The summed E-state index contributed by atoms with van der Waals surface area (Å²) >= 11 is 0. The van der Waals surface area contributed by atoms with Gasteiger partial charge in [-0.25, -0.2) is 0 Å². The third kappa shape index (κ3) is 34.2. The van der Waals surface area contributed by atoms with Gasteiger partial charge in [0.2, 0.25) is 0 Å². The molecule has 0 aromatic heterocycles. The largest absolute Gasteiger partial charge is 0.666 e. The maximum absolute atomic E-state index is 11.4. The van der Waals surface area contributed by atoms with Crippen molar-refractivity contribution in [1.82, 2.24) is 0 Å². The van der Waals surface area contributed by atoms with Gasteiger partial charge >= 0.3 is 0 Å². The number of hydrogen-bond acceptors (Lipinski definition) is 6. The van der Waals surface area contributed by atoms with Crippen LogP contribution >= 0.6 is 0 Å². The number of esters is 2. The Kier molecular flexibility index (Phi) is 31.3. The van der Waals surface area contributed by atoms with E-state index in [0.717, 1.165) is 0 Å². The van der Waals surface area contributed by atoms with Crippen LogP contribution in [-0.4, -0.2) is 48.3 Å². The number of allylic oxidation sites excluding steroid dienone is 1. The van der Waals surface area contributed by atoms with Crippen molar-refractivity contribution in [1.29, 1.82) is 0 Å². The maximum atomic E-state index is 11.4. The maximum Gasteiger partial charge on any atom is 0.287 e. The average Bonchev–Trinajstić information content (AvgIpc) is 2.53. The molecule has 0 aliphatic rings. The molecular formula is C18H34F2N3O6Pt-3. The van der Waals surface area contributed by atoms with E-state index in [2.05, 4.69) is 14.7 Å². The van der Waals surface area contributed by atoms with Gasteiger partial charge in [-0.15, -0.1) is 12.5 Å². The van der Waals surface area contributed by atoms with E-state index in [0.29, 0.717) is 5.57 Å². The molecule has 12 heteroatoms. The van der Waals surface area contributed by atoms with Crippen molar-refractivity contribution < 1.29 is 54.4 Å². The molecule has 184 valence electrons. The summed E-state index contributed by atoms with van der Waals surface area (Å²) < 4.78 is 32.2. The van der Waals surface area contributed by atoms with E-state index < -0.39 is 30.4 Å². The molecule has 0 saturated heterocycles. The van der Waals surface area contributed by atoms with Crippen molar-refractivity contribution in [3.05, 3.63) is 34.4 Å². The van der Waals surface area contributed by atoms with E-state index in [4.69, 9.17) is 11.5 Å². The number of nitroso groups, excluding NO2 is 1. The summed E-state index contributed by atoms with van der Waals surface area (Å²) in [6, 6.07) is -1.51. The number of ether oxygens (including phenoxy) is 2. The first-order valence-electron chi connectivity index (χ1n) is 8.69. The molecule has 0 heterocycles. The van der Waals surface area contributed by atoms with Crippen LogP contribution in [0.5, 0.6) is 0 Å². The zero-order chi connectivity index (χ0) is 22.9. The van der Waals surface area contributed by atoms with Crippen LogP contribution in [0.25, 0.3) is 11.5 Å². The number of carbonyl (C=O) groups excluding carboxylic acids is 2. The van der Waals surface area contributed by atoms with Gasteiger partial charge in [0, 0.05) is 27.5 Å². The van der Waals surface area contributed by atoms with Crippen LogP contribution < -0.4 is 0 Å². The van der Waals surface area contributed by atoms with E-state index in [1.165, 1.54) is 19.9 Å². The third-order valence-electron chi connectivity index (χ3n) is 2.33. The van der Waals surface area contributed by atoms with Crippen LogP contribution in [0.15, 0.2) is 16.8 Å². The van der Waals surface area contributed by atoms with Crippen LogP contribution in [0.3, 0.4) is 0 Å². The molecule has 0 aromatic rings. The van der Waals surface area contributed by atoms with E-state index in [1.807, 2.05) is 0 Å². The first-order chi connectivity index (χ1) is 12.7. The monoisotopic (exact) mass is 621 g/mol. The van der Waals surface area contributed by atoms with Gasteiger partial charge in [0.1, 0.15) is 6.54 Å². The Bertz CT molecular complexity index is 451. The Labute approximate surface area is 191 Å². The number of hydrogen-bond donors (Lipinski definition) is 0. The second-order valence-corrected chi connectivity index (χ2v) is 6.30. The van der Waals surface area contributed by atoms with E-state index >= 15 is 0 Å². The Morgan fingerprint density at radius 1 is 0.967 bits per heavy atom. The zero-order valence-corrected chi connectivity index (χ0v) is 20.6. The second kappa shape index (κ2) is 24.0. The molecule has 0 aliphatic heterocycles. The molecule has 0 radical (unpaired) electrons. The van der Waals surface area contributed by atoms with Crippen molar-refractivity contribution in [2.24, 2.45) is 5.18 Å². The fourth-order valence-electron chi connectivity index (χ4n) is 1.09. The van der Waals surface area contributed by atoms with Gasteiger partial charge in [0.05, 0.1) is 12.2 Å². The number of rotatable bonds is 8. The first kappa shape index (κ1) is 39.2. The molecule has 0 bridgehead atoms. The summed E-state index contributed by atoms with van der Waals surface area (Å²) in [6.07, 6.45) is -0.946. The SMILES string of the molecule is C/C(=C\C[C-](F)F)CN=O.CC(C)OC(=O)[C@H](C)[NH-].CC(C)OC(=O)[C@H](C)[NH-].O.[Pt]. The third-order valence-corrected chi connectivity index (χ3v) is 2.33. The normalized spacial score (nSPS) is 12.1. The molecule has 0 aromatic carbocycles. The summed E-state index contributed by atoms with van der Waals surface area (Å²) in [7, 11) is 0. The minimum atomic E-state index is -1.65. The molecule has 0 aliphatic carbocycles. The predicted octanol–water partition coefficient (Wildman–Crippen LogP) is 4.45. The Morgan fingerprint density at radius 2 is 1.30 bits per heavy atom. The number of nitrogens with zero attached hydrogens (tertiary/aromatic N) is 1. The van der Waals surface area contributed by atoms with Gasteiger partial charge < -0.3 is 35.2 Å². The minimum Gasteiger partial charge on any atom is -0.666 e. The number of nitrogens with one attached hydrogen (secondary N) is 2. The first-order valence-corrected chi connectivity index (χ1v) is 8.69. The molecular weight excluding hydrogens is 587 g/mol. The van der Waals surface area contributed by atoms with Gasteiger partial charge in [-0.05, 0) is 46.7 Å². The average molecular weight is 622 g/mol. The van der Waals surface area contributed by atoms with E-state index in [1.54, 1.807) is 34.6 Å². The Morgan fingerprint density at radius 3 is 1.47 bits per heavy atom. The van der Waals surface area contributed by atoms with Crippen LogP contribution in [0.2, 0.25) is 0 Å². The fraction of sp³-hybridized carbons (Fsp3) is 0.722. The Hall–Kier alpha value is -1.29. The van der Waals surface area contributed by atoms with Crippen LogP contribution in [-0.2, 0) is 40.1 Å². The molecule has 0 unspecified atom stereocenters. The van der Waals surface area contributed by atoms with Crippen molar-refractivity contribution in [3.63, 3.8) is 0 Å². The smallest absolute Gasteiger partial charge is 0.287 e. The predicted molar refractivity (Wildman–Crippen MR) is 108 cm³/mol. The number of halogens is 2. The van der Waals surface area contributed by atoms with Gasteiger partial charge in [0.15, 0.2) is 0 Å². The van der Waals surface area contributed by atoms with Crippen LogP contribution in [0, 0.1) is 11.3 Å². The van der Waals surface area contributed by atoms with E-state index in [-0.39, 0.29) is 51.7 Å².